The van der Waals surface area contributed by atoms with Crippen molar-refractivity contribution in [1.29, 1.82) is 0 Å². The molecule has 2 bridgehead atoms. The average Bonchev–Trinajstić information content (AvgIpc) is 3.25. The summed E-state index contributed by atoms with van der Waals surface area (Å²) in [7, 11) is 0. The van der Waals surface area contributed by atoms with Crippen molar-refractivity contribution < 1.29 is 14.3 Å². The number of ether oxygens (including phenoxy) is 1. The fourth-order valence-corrected chi connectivity index (χ4v) is 4.34. The first kappa shape index (κ1) is 14.6. The SMILES string of the molecule is C[C@@]12C=C[C@@H](O1)[C@H]1C(=O)N(c3ccc(-c4ccccc4)cc3)C(=O)[C@@H]12. The maximum absolute atomic E-state index is 12.9. The van der Waals surface area contributed by atoms with Crippen LogP contribution >= 0.6 is 0 Å². The van der Waals surface area contributed by atoms with Crippen LogP contribution in [0, 0.1) is 11.8 Å². The molecule has 2 fully saturated rings. The van der Waals surface area contributed by atoms with Gasteiger partial charge in [-0.1, -0.05) is 54.6 Å². The highest BCUT2D eigenvalue weighted by Crippen LogP contribution is 2.52. The van der Waals surface area contributed by atoms with Crippen LogP contribution in [0.15, 0.2) is 66.7 Å². The van der Waals surface area contributed by atoms with Gasteiger partial charge in [-0.3, -0.25) is 9.59 Å². The third-order valence-electron chi connectivity index (χ3n) is 5.56. The number of amides is 2. The molecule has 2 aromatic rings. The molecule has 3 aliphatic rings. The number of benzene rings is 2. The van der Waals surface area contributed by atoms with Gasteiger partial charge >= 0.3 is 0 Å². The second kappa shape index (κ2) is 4.90. The van der Waals surface area contributed by atoms with Crippen molar-refractivity contribution >= 4 is 17.5 Å². The highest BCUT2D eigenvalue weighted by molar-refractivity contribution is 6.23. The summed E-state index contributed by atoms with van der Waals surface area (Å²) in [6.07, 6.45) is 3.56. The molecule has 5 rings (SSSR count). The van der Waals surface area contributed by atoms with Crippen LogP contribution in [-0.4, -0.2) is 23.5 Å². The minimum atomic E-state index is -0.652. The Morgan fingerprint density at radius 1 is 0.920 bits per heavy atom. The Morgan fingerprint density at radius 2 is 1.60 bits per heavy atom. The molecular formula is C21H17NO3. The van der Waals surface area contributed by atoms with Gasteiger partial charge in [0.25, 0.3) is 0 Å². The molecule has 25 heavy (non-hydrogen) atoms. The van der Waals surface area contributed by atoms with Crippen LogP contribution in [0.3, 0.4) is 0 Å². The summed E-state index contributed by atoms with van der Waals surface area (Å²) in [6, 6.07) is 17.6. The Balaban J connectivity index is 1.49. The maximum Gasteiger partial charge on any atom is 0.241 e. The molecule has 0 aliphatic carbocycles. The van der Waals surface area contributed by atoms with Gasteiger partial charge in [0, 0.05) is 0 Å². The van der Waals surface area contributed by atoms with Gasteiger partial charge in [0.2, 0.25) is 11.8 Å². The number of fused-ring (bicyclic) bond motifs is 5. The van der Waals surface area contributed by atoms with Crippen LogP contribution in [0.25, 0.3) is 11.1 Å². The van der Waals surface area contributed by atoms with Crippen LogP contribution < -0.4 is 4.90 Å². The van der Waals surface area contributed by atoms with E-state index in [1.807, 2.05) is 73.7 Å². The largest absolute Gasteiger partial charge is 0.362 e. The molecule has 0 unspecified atom stereocenters. The highest BCUT2D eigenvalue weighted by atomic mass is 16.5. The first-order valence-corrected chi connectivity index (χ1v) is 8.49. The number of rotatable bonds is 2. The van der Waals surface area contributed by atoms with E-state index < -0.39 is 17.4 Å². The summed E-state index contributed by atoms with van der Waals surface area (Å²) in [4.78, 5) is 27.2. The van der Waals surface area contributed by atoms with Gasteiger partial charge in [-0.15, -0.1) is 0 Å². The number of hydrogen-bond acceptors (Lipinski definition) is 3. The summed E-state index contributed by atoms with van der Waals surface area (Å²) in [6.45, 7) is 1.89. The Labute approximate surface area is 145 Å². The van der Waals surface area contributed by atoms with Crippen molar-refractivity contribution in [3.05, 3.63) is 66.7 Å². The third kappa shape index (κ3) is 1.91. The molecule has 0 radical (unpaired) electrons. The maximum atomic E-state index is 12.9. The lowest BCUT2D eigenvalue weighted by atomic mass is 9.78. The van der Waals surface area contributed by atoms with Gasteiger partial charge < -0.3 is 4.74 Å². The van der Waals surface area contributed by atoms with E-state index in [-0.39, 0.29) is 17.9 Å². The zero-order valence-electron chi connectivity index (χ0n) is 13.8. The van der Waals surface area contributed by atoms with Gasteiger partial charge in [-0.25, -0.2) is 4.90 Å². The second-order valence-corrected chi connectivity index (χ2v) is 7.05. The summed E-state index contributed by atoms with van der Waals surface area (Å²) in [5, 5.41) is 0. The Hall–Kier alpha value is -2.72. The van der Waals surface area contributed by atoms with Crippen molar-refractivity contribution in [1.82, 2.24) is 0 Å². The molecule has 2 amide bonds. The molecular weight excluding hydrogens is 314 g/mol. The van der Waals surface area contributed by atoms with Gasteiger partial charge in [0.1, 0.15) is 0 Å². The van der Waals surface area contributed by atoms with Crippen LogP contribution in [0.5, 0.6) is 0 Å². The number of imide groups is 1. The highest BCUT2D eigenvalue weighted by Gasteiger charge is 2.65. The topological polar surface area (TPSA) is 46.6 Å². The predicted molar refractivity (Wildman–Crippen MR) is 93.8 cm³/mol. The van der Waals surface area contributed by atoms with Gasteiger partial charge in [-0.2, -0.15) is 0 Å². The van der Waals surface area contributed by atoms with E-state index in [0.717, 1.165) is 11.1 Å². The number of carbonyl (C=O) groups excluding carboxylic acids is 2. The van der Waals surface area contributed by atoms with Gasteiger partial charge in [0.05, 0.1) is 29.2 Å². The zero-order chi connectivity index (χ0) is 17.2. The first-order valence-electron chi connectivity index (χ1n) is 8.49. The van der Waals surface area contributed by atoms with Crippen molar-refractivity contribution in [3.63, 3.8) is 0 Å². The van der Waals surface area contributed by atoms with Crippen molar-refractivity contribution in [3.8, 4) is 11.1 Å². The van der Waals surface area contributed by atoms with Crippen LogP contribution in [0.1, 0.15) is 6.92 Å². The van der Waals surface area contributed by atoms with Crippen molar-refractivity contribution in [2.45, 2.75) is 18.6 Å². The van der Waals surface area contributed by atoms with E-state index in [9.17, 15) is 9.59 Å². The molecule has 0 saturated carbocycles. The molecule has 4 nitrogen and oxygen atoms in total. The van der Waals surface area contributed by atoms with Crippen LogP contribution in [0.2, 0.25) is 0 Å². The molecule has 2 saturated heterocycles. The molecule has 0 N–H and O–H groups in total. The first-order chi connectivity index (χ1) is 12.1. The van der Waals surface area contributed by atoms with Gasteiger partial charge in [0.15, 0.2) is 0 Å². The monoisotopic (exact) mass is 331 g/mol. The zero-order valence-corrected chi connectivity index (χ0v) is 13.8. The molecule has 2 aromatic carbocycles. The summed E-state index contributed by atoms with van der Waals surface area (Å²) in [5.74, 6) is -1.11. The lowest BCUT2D eigenvalue weighted by Crippen LogP contribution is -2.38. The van der Waals surface area contributed by atoms with Crippen LogP contribution in [0.4, 0.5) is 5.69 Å². The molecule has 124 valence electrons. The normalized spacial score (nSPS) is 32.5. The van der Waals surface area contributed by atoms with Crippen molar-refractivity contribution in [2.24, 2.45) is 11.8 Å². The number of hydrogen-bond donors (Lipinski definition) is 0. The molecule has 0 aromatic heterocycles. The Bertz CT molecular complexity index is 902. The summed E-state index contributed by atoms with van der Waals surface area (Å²) >= 11 is 0. The predicted octanol–water partition coefficient (Wildman–Crippen LogP) is 3.19. The minimum absolute atomic E-state index is 0.152. The summed E-state index contributed by atoms with van der Waals surface area (Å²) in [5.41, 5.74) is 2.14. The van der Waals surface area contributed by atoms with Crippen molar-refractivity contribution in [2.75, 3.05) is 4.90 Å². The second-order valence-electron chi connectivity index (χ2n) is 7.05. The van der Waals surface area contributed by atoms with E-state index in [0.29, 0.717) is 5.69 Å². The smallest absolute Gasteiger partial charge is 0.241 e. The fraction of sp³-hybridized carbons (Fsp3) is 0.238. The van der Waals surface area contributed by atoms with E-state index >= 15 is 0 Å². The Morgan fingerprint density at radius 3 is 2.28 bits per heavy atom. The van der Waals surface area contributed by atoms with Crippen LogP contribution in [-0.2, 0) is 14.3 Å². The van der Waals surface area contributed by atoms with E-state index in [1.165, 1.54) is 4.90 Å². The standard InChI is InChI=1S/C21H17NO3/c1-21-12-11-16(25-21)17-18(21)20(24)22(19(17)23)15-9-7-14(8-10-15)13-5-3-2-4-6-13/h2-12,16-18H,1H3/t16-,17-,18-,21+/m1/s1. The number of nitrogens with zero attached hydrogens (tertiary/aromatic N) is 1. The lowest BCUT2D eigenvalue weighted by molar-refractivity contribution is -0.126. The minimum Gasteiger partial charge on any atom is -0.362 e. The van der Waals surface area contributed by atoms with E-state index in [2.05, 4.69) is 0 Å². The van der Waals surface area contributed by atoms with E-state index in [1.54, 1.807) is 0 Å². The molecule has 0 spiro atoms. The van der Waals surface area contributed by atoms with Gasteiger partial charge in [-0.05, 0) is 30.2 Å². The molecule has 3 heterocycles. The quantitative estimate of drug-likeness (QED) is 0.627. The fourth-order valence-electron chi connectivity index (χ4n) is 4.34. The molecule has 4 heteroatoms. The average molecular weight is 331 g/mol. The van der Waals surface area contributed by atoms with E-state index in [4.69, 9.17) is 4.74 Å². The number of carbonyl (C=O) groups is 2. The molecule has 4 atom stereocenters. The summed E-state index contributed by atoms with van der Waals surface area (Å²) < 4.78 is 5.85. The third-order valence-corrected chi connectivity index (χ3v) is 5.56. The lowest BCUT2D eigenvalue weighted by Gasteiger charge is -2.24. The molecule has 3 aliphatic heterocycles. The Kier molecular flexibility index (Phi) is 2.86. The number of anilines is 1.